The molecule has 2 aromatic carbocycles. The van der Waals surface area contributed by atoms with E-state index in [9.17, 15) is 9.90 Å². The van der Waals surface area contributed by atoms with E-state index in [0.29, 0.717) is 16.9 Å². The molecular formula is C17H18BrNO2. The number of hydrogen-bond donors (Lipinski definition) is 2. The van der Waals surface area contributed by atoms with E-state index in [2.05, 4.69) is 21.2 Å². The second kappa shape index (κ2) is 6.06. The summed E-state index contributed by atoms with van der Waals surface area (Å²) in [6.07, 6.45) is 3.29. The normalized spacial score (nSPS) is 21.6. The van der Waals surface area contributed by atoms with Gasteiger partial charge in [-0.2, -0.15) is 0 Å². The molecule has 1 fully saturated rings. The number of rotatable bonds is 3. The number of carbonyl (C=O) groups is 1. The second-order valence-corrected chi connectivity index (χ2v) is 6.26. The molecule has 3 nitrogen and oxygen atoms in total. The minimum Gasteiger partial charge on any atom is -0.506 e. The van der Waals surface area contributed by atoms with Gasteiger partial charge in [-0.3, -0.25) is 4.79 Å². The SMILES string of the molecule is O=C(NC1CCCC1CBr)c1ccc2ccccc2c1O. The second-order valence-electron chi connectivity index (χ2n) is 5.61. The Morgan fingerprint density at radius 3 is 2.86 bits per heavy atom. The van der Waals surface area contributed by atoms with Crippen LogP contribution in [0.3, 0.4) is 0 Å². The molecule has 110 valence electrons. The van der Waals surface area contributed by atoms with Crippen LogP contribution in [0.4, 0.5) is 0 Å². The van der Waals surface area contributed by atoms with Gasteiger partial charge in [-0.15, -0.1) is 0 Å². The van der Waals surface area contributed by atoms with Crippen molar-refractivity contribution in [1.82, 2.24) is 5.32 Å². The molecule has 0 aliphatic heterocycles. The summed E-state index contributed by atoms with van der Waals surface area (Å²) in [4.78, 5) is 12.4. The monoisotopic (exact) mass is 347 g/mol. The van der Waals surface area contributed by atoms with Crippen molar-refractivity contribution in [3.05, 3.63) is 42.0 Å². The highest BCUT2D eigenvalue weighted by Crippen LogP contribution is 2.30. The lowest BCUT2D eigenvalue weighted by atomic mass is 10.0. The number of fused-ring (bicyclic) bond motifs is 1. The maximum Gasteiger partial charge on any atom is 0.255 e. The Morgan fingerprint density at radius 2 is 2.05 bits per heavy atom. The van der Waals surface area contributed by atoms with Gasteiger partial charge in [0.25, 0.3) is 5.91 Å². The lowest BCUT2D eigenvalue weighted by molar-refractivity contribution is 0.0928. The third-order valence-electron chi connectivity index (χ3n) is 4.32. The highest BCUT2D eigenvalue weighted by atomic mass is 79.9. The zero-order valence-corrected chi connectivity index (χ0v) is 13.3. The van der Waals surface area contributed by atoms with Crippen molar-refractivity contribution >= 4 is 32.6 Å². The Labute approximate surface area is 132 Å². The van der Waals surface area contributed by atoms with Crippen LogP contribution in [0.1, 0.15) is 29.6 Å². The Balaban J connectivity index is 1.86. The maximum absolute atomic E-state index is 12.4. The molecule has 0 aromatic heterocycles. The van der Waals surface area contributed by atoms with Crippen LogP contribution in [0.15, 0.2) is 36.4 Å². The molecule has 21 heavy (non-hydrogen) atoms. The average Bonchev–Trinajstić information content (AvgIpc) is 2.95. The molecule has 1 aliphatic carbocycles. The predicted molar refractivity (Wildman–Crippen MR) is 88.0 cm³/mol. The van der Waals surface area contributed by atoms with Gasteiger partial charge in [-0.25, -0.2) is 0 Å². The Morgan fingerprint density at radius 1 is 1.24 bits per heavy atom. The minimum atomic E-state index is -0.184. The number of benzene rings is 2. The third-order valence-corrected chi connectivity index (χ3v) is 5.15. The number of phenolic OH excluding ortho intramolecular Hbond substituents is 1. The van der Waals surface area contributed by atoms with Gasteiger partial charge in [0.2, 0.25) is 0 Å². The van der Waals surface area contributed by atoms with Crippen molar-refractivity contribution in [2.75, 3.05) is 5.33 Å². The van der Waals surface area contributed by atoms with Crippen LogP contribution in [-0.2, 0) is 0 Å². The molecule has 2 aromatic rings. The fraction of sp³-hybridized carbons (Fsp3) is 0.353. The lowest BCUT2D eigenvalue weighted by Crippen LogP contribution is -2.37. The van der Waals surface area contributed by atoms with Gasteiger partial charge in [-0.05, 0) is 30.2 Å². The molecule has 0 bridgehead atoms. The first-order chi connectivity index (χ1) is 10.2. The van der Waals surface area contributed by atoms with Crippen LogP contribution in [0.2, 0.25) is 0 Å². The van der Waals surface area contributed by atoms with E-state index in [1.165, 1.54) is 0 Å². The average molecular weight is 348 g/mol. The molecule has 0 heterocycles. The third kappa shape index (κ3) is 2.77. The zero-order chi connectivity index (χ0) is 14.8. The smallest absolute Gasteiger partial charge is 0.255 e. The quantitative estimate of drug-likeness (QED) is 0.828. The van der Waals surface area contributed by atoms with Crippen molar-refractivity contribution in [3.8, 4) is 5.75 Å². The number of hydrogen-bond acceptors (Lipinski definition) is 2. The molecule has 0 saturated heterocycles. The zero-order valence-electron chi connectivity index (χ0n) is 11.7. The van der Waals surface area contributed by atoms with Crippen LogP contribution < -0.4 is 5.32 Å². The fourth-order valence-corrected chi connectivity index (χ4v) is 3.87. The van der Waals surface area contributed by atoms with E-state index in [1.807, 2.05) is 30.3 Å². The van der Waals surface area contributed by atoms with Crippen molar-refractivity contribution in [3.63, 3.8) is 0 Å². The molecule has 2 unspecified atom stereocenters. The summed E-state index contributed by atoms with van der Waals surface area (Å²) in [5.74, 6) is 0.367. The van der Waals surface area contributed by atoms with Gasteiger partial charge >= 0.3 is 0 Å². The summed E-state index contributed by atoms with van der Waals surface area (Å²) in [6.45, 7) is 0. The molecule has 0 radical (unpaired) electrons. The number of halogens is 1. The van der Waals surface area contributed by atoms with Crippen molar-refractivity contribution in [2.24, 2.45) is 5.92 Å². The van der Waals surface area contributed by atoms with E-state index in [-0.39, 0.29) is 17.7 Å². The molecule has 1 saturated carbocycles. The van der Waals surface area contributed by atoms with Crippen LogP contribution in [0.5, 0.6) is 5.75 Å². The number of alkyl halides is 1. The maximum atomic E-state index is 12.4. The largest absolute Gasteiger partial charge is 0.506 e. The minimum absolute atomic E-state index is 0.0685. The lowest BCUT2D eigenvalue weighted by Gasteiger charge is -2.19. The van der Waals surface area contributed by atoms with Crippen molar-refractivity contribution in [2.45, 2.75) is 25.3 Å². The summed E-state index contributed by atoms with van der Waals surface area (Å²) in [6, 6.07) is 11.3. The molecular weight excluding hydrogens is 330 g/mol. The van der Waals surface area contributed by atoms with Gasteiger partial charge in [0.15, 0.2) is 0 Å². The van der Waals surface area contributed by atoms with E-state index in [0.717, 1.165) is 30.0 Å². The molecule has 1 amide bonds. The molecule has 2 atom stereocenters. The predicted octanol–water partition coefficient (Wildman–Crippen LogP) is 3.84. The van der Waals surface area contributed by atoms with Gasteiger partial charge in [0.1, 0.15) is 5.75 Å². The van der Waals surface area contributed by atoms with E-state index >= 15 is 0 Å². The highest BCUT2D eigenvalue weighted by Gasteiger charge is 2.28. The molecule has 1 aliphatic rings. The Hall–Kier alpha value is -1.55. The van der Waals surface area contributed by atoms with Gasteiger partial charge < -0.3 is 10.4 Å². The van der Waals surface area contributed by atoms with Crippen LogP contribution >= 0.6 is 15.9 Å². The van der Waals surface area contributed by atoms with E-state index in [4.69, 9.17) is 0 Å². The summed E-state index contributed by atoms with van der Waals surface area (Å²) < 4.78 is 0. The van der Waals surface area contributed by atoms with E-state index < -0.39 is 0 Å². The van der Waals surface area contributed by atoms with Crippen LogP contribution in [0, 0.1) is 5.92 Å². The number of phenols is 1. The Bertz CT molecular complexity index is 671. The Kier molecular flexibility index (Phi) is 4.15. The van der Waals surface area contributed by atoms with Crippen molar-refractivity contribution in [1.29, 1.82) is 0 Å². The first-order valence-electron chi connectivity index (χ1n) is 7.28. The van der Waals surface area contributed by atoms with Gasteiger partial charge in [0, 0.05) is 16.8 Å². The molecule has 3 rings (SSSR count). The summed E-state index contributed by atoms with van der Waals surface area (Å²) in [5, 5.41) is 16.0. The molecule has 0 spiro atoms. The topological polar surface area (TPSA) is 49.3 Å². The van der Waals surface area contributed by atoms with Gasteiger partial charge in [0.05, 0.1) is 5.56 Å². The van der Waals surface area contributed by atoms with Crippen molar-refractivity contribution < 1.29 is 9.90 Å². The first-order valence-corrected chi connectivity index (χ1v) is 8.40. The fourth-order valence-electron chi connectivity index (χ4n) is 3.10. The number of aromatic hydroxyl groups is 1. The number of amides is 1. The summed E-state index contributed by atoms with van der Waals surface area (Å²) in [7, 11) is 0. The van der Waals surface area contributed by atoms with Gasteiger partial charge in [-0.1, -0.05) is 52.7 Å². The van der Waals surface area contributed by atoms with Crippen LogP contribution in [-0.4, -0.2) is 22.4 Å². The highest BCUT2D eigenvalue weighted by molar-refractivity contribution is 9.09. The summed E-state index contributed by atoms with van der Waals surface area (Å²) >= 11 is 3.51. The molecule has 2 N–H and O–H groups in total. The molecule has 4 heteroatoms. The summed E-state index contributed by atoms with van der Waals surface area (Å²) in [5.41, 5.74) is 0.355. The van der Waals surface area contributed by atoms with E-state index in [1.54, 1.807) is 6.07 Å². The first kappa shape index (κ1) is 14.4. The standard InChI is InChI=1S/C17H18BrNO2/c18-10-12-5-3-7-15(12)19-17(21)14-9-8-11-4-1-2-6-13(11)16(14)20/h1-2,4,6,8-9,12,15,20H,3,5,7,10H2,(H,19,21). The number of nitrogens with one attached hydrogen (secondary N) is 1. The number of carbonyl (C=O) groups excluding carboxylic acids is 1. The van der Waals surface area contributed by atoms with Crippen LogP contribution in [0.25, 0.3) is 10.8 Å².